The molecule has 0 spiro atoms. The van der Waals surface area contributed by atoms with Crippen molar-refractivity contribution in [2.24, 2.45) is 5.92 Å². The Morgan fingerprint density at radius 3 is 0.216 bits per heavy atom. The predicted octanol–water partition coefficient (Wildman–Crippen LogP) is 6.15. The molecular weight excluding hydrogens is 1610 g/mol. The van der Waals surface area contributed by atoms with Gasteiger partial charge in [-0.2, -0.15) is 0 Å². The first-order chi connectivity index (χ1) is 66.6. The summed E-state index contributed by atoms with van der Waals surface area (Å²) < 4.78 is 0. The van der Waals surface area contributed by atoms with Crippen LogP contribution in [-0.2, 0) is 0 Å². The molecule has 0 aromatic heterocycles. The molecule has 0 amide bonds. The minimum atomic E-state index is 0.0359. The molecule has 0 atom stereocenters. The zero-order valence-electron chi connectivity index (χ0n) is 71.7. The average molecular weight is 1650 g/mol. The molecule has 0 aromatic rings. The zero-order valence-corrected chi connectivity index (χ0v) is 71.7. The van der Waals surface area contributed by atoms with Crippen LogP contribution in [0, 0.1) is 693 Å². The van der Waals surface area contributed by atoms with Crippen molar-refractivity contribution in [2.75, 3.05) is 0 Å². The van der Waals surface area contributed by atoms with Gasteiger partial charge in [0.15, 0.2) is 0 Å². The third-order valence-electron chi connectivity index (χ3n) is 10.8. The predicted molar refractivity (Wildman–Crippen MR) is 535 cm³/mol. The highest BCUT2D eigenvalue weighted by Crippen LogP contribution is 2.22. The van der Waals surface area contributed by atoms with Gasteiger partial charge in [0.05, 0.1) is 6.10 Å². The van der Waals surface area contributed by atoms with Crippen molar-refractivity contribution >= 4 is 0 Å². The minimum Gasteiger partial charge on any atom is -0.393 e. The smallest absolute Gasteiger partial charge is 0.0540 e. The van der Waals surface area contributed by atoms with Crippen molar-refractivity contribution in [2.45, 2.75) is 105 Å². The summed E-state index contributed by atoms with van der Waals surface area (Å²) in [5.74, 6) is 292. The molecule has 0 radical (unpaired) electrons. The molecule has 2 rings (SSSR count). The van der Waals surface area contributed by atoms with Crippen LogP contribution in [0.4, 0.5) is 0 Å². The minimum absolute atomic E-state index is 0.0359. The highest BCUT2D eigenvalue weighted by atomic mass is 16.3. The van der Waals surface area contributed by atoms with E-state index in [1.54, 1.807) is 27.7 Å². The standard InChI is InChI=1S/2C60H6.C7H14.C6H12O/c2*1-3-5-7-9-11-13-15-17-19-21-23-25-27-29-31-33-35-37-39-41-43-45-47-49-51-53-55-57-59-60-58-56-54-52-50-48-46-44-42-40-38-36-34-32-30-28-26-24-22-20-18-16-14-12-10-8-6-4-2;1-7-5-3-2-4-6-7;7-6-4-2-1-3-5-6/h2*1-2H3;7H,2-6H2,1H3;6-7H,1-5H2. The van der Waals surface area contributed by atoms with Gasteiger partial charge in [0.2, 0.25) is 0 Å². The van der Waals surface area contributed by atoms with E-state index in [2.05, 4.69) is 694 Å². The van der Waals surface area contributed by atoms with E-state index in [0.717, 1.165) is 18.8 Å². The largest absolute Gasteiger partial charge is 0.393 e. The molecule has 0 aromatic carbocycles. The molecule has 576 valence electrons. The molecule has 1 nitrogen and oxygen atoms in total. The maximum atomic E-state index is 8.91. The Morgan fingerprint density at radius 2 is 0.172 bits per heavy atom. The van der Waals surface area contributed by atoms with Crippen LogP contribution in [-0.4, -0.2) is 11.2 Å². The van der Waals surface area contributed by atoms with Crippen molar-refractivity contribution in [1.29, 1.82) is 0 Å². The number of aliphatic hydroxyl groups is 1. The van der Waals surface area contributed by atoms with Gasteiger partial charge in [-0.3, -0.25) is 0 Å². The quantitative estimate of drug-likeness (QED) is 0.289. The van der Waals surface area contributed by atoms with Gasteiger partial charge >= 0.3 is 0 Å². The monoisotopic (exact) mass is 1650 g/mol. The normalized spacial score (nSPS) is 6.19. The fourth-order valence-electron chi connectivity index (χ4n) is 6.01. The Kier molecular flexibility index (Phi) is 88.6. The molecule has 1 heteroatoms. The van der Waals surface area contributed by atoms with Crippen molar-refractivity contribution in [3.63, 3.8) is 0 Å². The van der Waals surface area contributed by atoms with Crippen molar-refractivity contribution in [1.82, 2.24) is 0 Å². The van der Waals surface area contributed by atoms with E-state index >= 15 is 0 Å². The van der Waals surface area contributed by atoms with Gasteiger partial charge in [0, 0.05) is 474 Å². The lowest BCUT2D eigenvalue weighted by molar-refractivity contribution is 0.130. The molecule has 134 heavy (non-hydrogen) atoms. The highest BCUT2D eigenvalue weighted by molar-refractivity contribution is 5.57. The summed E-state index contributed by atoms with van der Waals surface area (Å²) in [6, 6.07) is 0. The second-order valence-electron chi connectivity index (χ2n) is 20.0. The second-order valence-corrected chi connectivity index (χ2v) is 20.0. The summed E-state index contributed by atoms with van der Waals surface area (Å²) in [5.41, 5.74) is 0. The van der Waals surface area contributed by atoms with Crippen molar-refractivity contribution in [3.05, 3.63) is 0 Å². The van der Waals surface area contributed by atoms with E-state index in [1.165, 1.54) is 51.4 Å². The van der Waals surface area contributed by atoms with Gasteiger partial charge in [-0.15, -0.1) is 0 Å². The van der Waals surface area contributed by atoms with Gasteiger partial charge in [0.25, 0.3) is 0 Å². The molecule has 0 bridgehead atoms. The Labute approximate surface area is 797 Å². The lowest BCUT2D eigenvalue weighted by Gasteiger charge is -2.15. The molecule has 2 aliphatic carbocycles. The Morgan fingerprint density at radius 1 is 0.104 bits per heavy atom. The van der Waals surface area contributed by atoms with Gasteiger partial charge < -0.3 is 5.11 Å². The summed E-state index contributed by atoms with van der Waals surface area (Å²) in [6.45, 7) is 9.10. The first kappa shape index (κ1) is 110. The molecule has 0 heterocycles. The zero-order chi connectivity index (χ0) is 96.3. The van der Waals surface area contributed by atoms with Crippen LogP contribution in [0.5, 0.6) is 0 Å². The summed E-state index contributed by atoms with van der Waals surface area (Å²) in [7, 11) is 0. The molecule has 0 aliphatic heterocycles. The third-order valence-corrected chi connectivity index (χ3v) is 10.8. The van der Waals surface area contributed by atoms with Crippen LogP contribution in [0.1, 0.15) is 98.8 Å². The lowest BCUT2D eigenvalue weighted by atomic mass is 9.91. The molecule has 2 fully saturated rings. The van der Waals surface area contributed by atoms with E-state index in [1.807, 2.05) is 0 Å². The van der Waals surface area contributed by atoms with E-state index in [9.17, 15) is 0 Å². The number of hydrogen-bond donors (Lipinski definition) is 1. The second kappa shape index (κ2) is 107. The molecule has 2 aliphatic rings. The molecule has 1 N–H and O–H groups in total. The van der Waals surface area contributed by atoms with E-state index < -0.39 is 0 Å². The van der Waals surface area contributed by atoms with Crippen molar-refractivity contribution < 1.29 is 5.11 Å². The van der Waals surface area contributed by atoms with Gasteiger partial charge in [-0.25, -0.2) is 0 Å². The number of aliphatic hydroxyl groups excluding tert-OH is 1. The lowest BCUT2D eigenvalue weighted by Crippen LogP contribution is -2.09. The Balaban J connectivity index is 0. The van der Waals surface area contributed by atoms with Crippen LogP contribution in [0.3, 0.4) is 0 Å². The summed E-state index contributed by atoms with van der Waals surface area (Å²) >= 11 is 0. The fraction of sp³-hybridized carbons (Fsp3) is 0.128. The third kappa shape index (κ3) is 108. The van der Waals surface area contributed by atoms with Gasteiger partial charge in [-0.05, 0) is 236 Å². The molecule has 2 saturated carbocycles. The Bertz CT molecular complexity index is 7880. The molecule has 0 saturated heterocycles. The molecular formula is C133H38O. The van der Waals surface area contributed by atoms with Crippen LogP contribution in [0.15, 0.2) is 0 Å². The molecule has 0 unspecified atom stereocenters. The van der Waals surface area contributed by atoms with Gasteiger partial charge in [-0.1, -0.05) is 82.0 Å². The summed E-state index contributed by atoms with van der Waals surface area (Å²) in [5, 5.41) is 8.91. The first-order valence-electron chi connectivity index (χ1n) is 37.0. The van der Waals surface area contributed by atoms with Crippen LogP contribution in [0.2, 0.25) is 0 Å². The van der Waals surface area contributed by atoms with E-state index in [0.29, 0.717) is 0 Å². The maximum absolute atomic E-state index is 8.91. The SMILES string of the molecule is CC#CC#CC#CC#CC#CC#CC#CC#CC#CC#CC#CC#CC#CC#CC#CC#CC#CC#CC#CC#CC#CC#CC#CC#CC#CC#CC#CC#CC#CC.CC#CC#CC#CC#CC#CC#CC#CC#CC#CC#CC#CC#CC#CC#CC#CC#CC#CC#CC#CC#CC#CC#CC#CC#CC#CC#CC#CC#CC#CC.CC1CCCCC1.OC1CCCCC1. The van der Waals surface area contributed by atoms with Crippen LogP contribution < -0.4 is 0 Å². The van der Waals surface area contributed by atoms with Crippen LogP contribution in [0.25, 0.3) is 0 Å². The maximum Gasteiger partial charge on any atom is 0.0540 e. The average Bonchev–Trinajstić information content (AvgIpc) is 1.01. The summed E-state index contributed by atoms with van der Waals surface area (Å²) in [4.78, 5) is 0. The topological polar surface area (TPSA) is 20.2 Å². The van der Waals surface area contributed by atoms with E-state index in [4.69, 9.17) is 5.11 Å². The first-order valence-corrected chi connectivity index (χ1v) is 37.0. The number of hydrogen-bond acceptors (Lipinski definition) is 1. The van der Waals surface area contributed by atoms with E-state index in [-0.39, 0.29) is 6.10 Å². The van der Waals surface area contributed by atoms with Gasteiger partial charge in [0.1, 0.15) is 0 Å². The highest BCUT2D eigenvalue weighted by Gasteiger charge is 2.08. The Hall–Kier alpha value is -25.6. The summed E-state index contributed by atoms with van der Waals surface area (Å²) in [6.07, 6.45) is 13.4. The van der Waals surface area contributed by atoms with Crippen LogP contribution >= 0.6 is 0 Å². The number of rotatable bonds is 0. The fourth-order valence-corrected chi connectivity index (χ4v) is 6.01. The van der Waals surface area contributed by atoms with Crippen molar-refractivity contribution in [3.8, 4) is 687 Å².